The highest BCUT2D eigenvalue weighted by Crippen LogP contribution is 2.78. The van der Waals surface area contributed by atoms with Crippen LogP contribution < -0.4 is 10.0 Å². The first-order chi connectivity index (χ1) is 21.7. The van der Waals surface area contributed by atoms with E-state index >= 15 is 0 Å². The van der Waals surface area contributed by atoms with E-state index in [2.05, 4.69) is 92.2 Å². The van der Waals surface area contributed by atoms with Crippen LogP contribution in [0.4, 0.5) is 0 Å². The summed E-state index contributed by atoms with van der Waals surface area (Å²) in [6, 6.07) is 25.2. The molecule has 8 bridgehead atoms. The zero-order valence-corrected chi connectivity index (χ0v) is 29.4. The minimum atomic E-state index is -1.20. The van der Waals surface area contributed by atoms with E-state index in [1.54, 1.807) is 5.30 Å². The lowest BCUT2D eigenvalue weighted by Gasteiger charge is -2.67. The van der Waals surface area contributed by atoms with Crippen LogP contribution in [0, 0.1) is 35.5 Å². The van der Waals surface area contributed by atoms with Crippen LogP contribution in [0.2, 0.25) is 0 Å². The van der Waals surface area contributed by atoms with E-state index in [0.717, 1.165) is 35.5 Å². The summed E-state index contributed by atoms with van der Waals surface area (Å²) >= 11 is 0. The Balaban J connectivity index is 1.25. The third kappa shape index (κ3) is 4.95. The second-order valence-electron chi connectivity index (χ2n) is 17.7. The summed E-state index contributed by atoms with van der Waals surface area (Å²) in [6.45, 7) is 6.33. The summed E-state index contributed by atoms with van der Waals surface area (Å²) in [5.74, 6) is 5.77. The zero-order chi connectivity index (χ0) is 30.6. The van der Waals surface area contributed by atoms with Gasteiger partial charge in [0, 0.05) is 0 Å². The van der Waals surface area contributed by atoms with Crippen LogP contribution in [-0.4, -0.2) is 19.3 Å². The van der Waals surface area contributed by atoms with Crippen LogP contribution in [0.25, 0.3) is 10.8 Å². The van der Waals surface area contributed by atoms with Crippen molar-refractivity contribution in [2.24, 2.45) is 35.5 Å². The fourth-order valence-corrected chi connectivity index (χ4v) is 18.9. The first-order valence-electron chi connectivity index (χ1n) is 18.2. The second kappa shape index (κ2) is 10.7. The van der Waals surface area contributed by atoms with Gasteiger partial charge in [-0.1, -0.05) is 74.7 Å². The Morgan fingerprint density at radius 3 is 1.62 bits per heavy atom. The van der Waals surface area contributed by atoms with Gasteiger partial charge in [0.1, 0.15) is 0 Å². The van der Waals surface area contributed by atoms with Crippen molar-refractivity contribution in [1.29, 1.82) is 0 Å². The molecule has 11 rings (SSSR count). The minimum absolute atomic E-state index is 0.0971. The van der Waals surface area contributed by atoms with Gasteiger partial charge in [-0.15, -0.1) is 0 Å². The van der Waals surface area contributed by atoms with Crippen LogP contribution in [0.15, 0.2) is 66.7 Å². The van der Waals surface area contributed by atoms with Gasteiger partial charge in [-0.3, -0.25) is 0 Å². The molecule has 0 radical (unpaired) electrons. The zero-order valence-electron chi connectivity index (χ0n) is 27.6. The van der Waals surface area contributed by atoms with Crippen molar-refractivity contribution in [1.82, 2.24) is 4.72 Å². The third-order valence-corrected chi connectivity index (χ3v) is 18.8. The number of nitrogens with one attached hydrogen (secondary N) is 1. The van der Waals surface area contributed by atoms with Gasteiger partial charge in [-0.25, -0.2) is 8.93 Å². The van der Waals surface area contributed by atoms with Crippen LogP contribution in [0.5, 0.6) is 0 Å². The van der Waals surface area contributed by atoms with Gasteiger partial charge in [0.15, 0.2) is 0 Å². The summed E-state index contributed by atoms with van der Waals surface area (Å²) in [5.41, 5.74) is 2.72. The molecule has 0 saturated heterocycles. The van der Waals surface area contributed by atoms with E-state index in [9.17, 15) is 4.21 Å². The smallest absolute Gasteiger partial charge is 0.0979 e. The van der Waals surface area contributed by atoms with Crippen LogP contribution in [0.1, 0.15) is 115 Å². The van der Waals surface area contributed by atoms with Crippen LogP contribution in [-0.2, 0) is 11.0 Å². The first kappa shape index (κ1) is 29.6. The SMILES string of the molecule is CC(C)(C)S(=O)N[C@H](c1ccccc1P(C12CC3CC(CC(C3)C1)C2)C12CC3CC(CC(C3)C1)C2)c1cccc2ccccc12. The largest absolute Gasteiger partial charge is 0.242 e. The molecular formula is C41H52NOPS. The van der Waals surface area contributed by atoms with E-state index in [1.807, 2.05) is 0 Å². The van der Waals surface area contributed by atoms with Gasteiger partial charge in [-0.05, 0) is 171 Å². The van der Waals surface area contributed by atoms with Crippen molar-refractivity contribution >= 4 is 35.0 Å². The predicted molar refractivity (Wildman–Crippen MR) is 192 cm³/mol. The minimum Gasteiger partial charge on any atom is -0.242 e. The highest BCUT2D eigenvalue weighted by molar-refractivity contribution is 7.84. The van der Waals surface area contributed by atoms with Crippen LogP contribution in [0.3, 0.4) is 0 Å². The summed E-state index contributed by atoms with van der Waals surface area (Å²) in [6.07, 6.45) is 18.0. The molecule has 2 nitrogen and oxygen atoms in total. The first-order valence-corrected chi connectivity index (χ1v) is 20.7. The Labute approximate surface area is 275 Å². The lowest BCUT2D eigenvalue weighted by atomic mass is 9.55. The maximum Gasteiger partial charge on any atom is 0.0979 e. The van der Waals surface area contributed by atoms with Gasteiger partial charge in [0.05, 0.1) is 21.8 Å². The Bertz CT molecular complexity index is 1520. The molecule has 8 saturated carbocycles. The number of benzene rings is 3. The standard InChI is InChI=1S/C41H52NOPS/c1-39(2,3)45(43)42-38(35-13-8-10-33-9-4-5-11-34(33)35)36-12-6-7-14-37(36)44(40-21-27-15-28(22-40)17-29(16-27)23-40)41-24-30-18-31(25-41)20-32(19-30)26-41/h4-14,27-32,38,42H,15-26H2,1-3H3/t27?,28?,29?,30?,31?,32?,38-,40?,41?,44?,45?/m0/s1. The monoisotopic (exact) mass is 637 g/mol. The molecule has 1 N–H and O–H groups in total. The average molecular weight is 638 g/mol. The second-order valence-corrected chi connectivity index (χ2v) is 22.7. The highest BCUT2D eigenvalue weighted by Gasteiger charge is 2.63. The molecular weight excluding hydrogens is 585 g/mol. The van der Waals surface area contributed by atoms with Gasteiger partial charge >= 0.3 is 0 Å². The molecule has 238 valence electrons. The molecule has 0 amide bonds. The fraction of sp³-hybridized carbons (Fsp3) is 0.610. The lowest BCUT2D eigenvalue weighted by Crippen LogP contribution is -2.58. The molecule has 8 aliphatic rings. The molecule has 0 spiro atoms. The van der Waals surface area contributed by atoms with Crippen LogP contribution >= 0.6 is 7.92 Å². The maximum absolute atomic E-state index is 14.1. The van der Waals surface area contributed by atoms with Crippen molar-refractivity contribution in [3.8, 4) is 0 Å². The van der Waals surface area contributed by atoms with E-state index in [-0.39, 0.29) is 18.7 Å². The molecule has 45 heavy (non-hydrogen) atoms. The van der Waals surface area contributed by atoms with Crippen molar-refractivity contribution in [3.05, 3.63) is 77.9 Å². The van der Waals surface area contributed by atoms with E-state index in [1.165, 1.54) is 98.9 Å². The lowest BCUT2D eigenvalue weighted by molar-refractivity contribution is 0.0195. The molecule has 8 aliphatic carbocycles. The topological polar surface area (TPSA) is 29.1 Å². The van der Waals surface area contributed by atoms with Crippen molar-refractivity contribution in [2.75, 3.05) is 0 Å². The Morgan fingerprint density at radius 2 is 1.09 bits per heavy atom. The Hall–Kier alpha value is -1.54. The molecule has 0 heterocycles. The number of rotatable bonds is 7. The molecule has 8 fully saturated rings. The van der Waals surface area contributed by atoms with Gasteiger partial charge in [0.25, 0.3) is 0 Å². The van der Waals surface area contributed by atoms with E-state index in [0.29, 0.717) is 10.3 Å². The number of fused-ring (bicyclic) bond motifs is 1. The van der Waals surface area contributed by atoms with Crippen molar-refractivity contribution in [2.45, 2.75) is 119 Å². The molecule has 0 aromatic heterocycles. The summed E-state index contributed by atoms with van der Waals surface area (Å²) < 4.78 is 17.5. The fourth-order valence-electron chi connectivity index (χ4n) is 12.7. The van der Waals surface area contributed by atoms with Gasteiger partial charge in [0.2, 0.25) is 0 Å². The van der Waals surface area contributed by atoms with Crippen molar-refractivity contribution in [3.63, 3.8) is 0 Å². The average Bonchev–Trinajstić information content (AvgIpc) is 2.98. The third-order valence-electron chi connectivity index (χ3n) is 13.4. The predicted octanol–water partition coefficient (Wildman–Crippen LogP) is 10.0. The highest BCUT2D eigenvalue weighted by atomic mass is 32.2. The summed E-state index contributed by atoms with van der Waals surface area (Å²) in [7, 11) is -1.58. The molecule has 2 atom stereocenters. The number of hydrogen-bond acceptors (Lipinski definition) is 1. The Kier molecular flexibility index (Phi) is 7.06. The molecule has 4 heteroatoms. The summed E-state index contributed by atoms with van der Waals surface area (Å²) in [4.78, 5) is 0. The van der Waals surface area contributed by atoms with Gasteiger partial charge < -0.3 is 0 Å². The molecule has 3 aromatic carbocycles. The van der Waals surface area contributed by atoms with Gasteiger partial charge in [-0.2, -0.15) is 0 Å². The molecule has 0 aliphatic heterocycles. The molecule has 1 unspecified atom stereocenters. The Morgan fingerprint density at radius 1 is 0.644 bits per heavy atom. The number of hydrogen-bond donors (Lipinski definition) is 1. The summed E-state index contributed by atoms with van der Waals surface area (Å²) in [5, 5.41) is 5.24. The molecule has 3 aromatic rings. The maximum atomic E-state index is 14.1. The van der Waals surface area contributed by atoms with E-state index in [4.69, 9.17) is 0 Å². The quantitative estimate of drug-likeness (QED) is 0.257. The van der Waals surface area contributed by atoms with E-state index < -0.39 is 11.0 Å². The normalized spacial score (nSPS) is 38.5. The van der Waals surface area contributed by atoms with Crippen molar-refractivity contribution < 1.29 is 4.21 Å².